The van der Waals surface area contributed by atoms with Crippen LogP contribution in [0.3, 0.4) is 0 Å². The van der Waals surface area contributed by atoms with Gasteiger partial charge in [0.05, 0.1) is 5.75 Å². The summed E-state index contributed by atoms with van der Waals surface area (Å²) in [6, 6.07) is 0. The molecule has 0 radical (unpaired) electrons. The number of ether oxygens (including phenoxy) is 1. The molecule has 0 saturated carbocycles. The van der Waals surface area contributed by atoms with E-state index < -0.39 is 9.84 Å². The number of hydrogen-bond donors (Lipinski definition) is 1. The van der Waals surface area contributed by atoms with Gasteiger partial charge in [0.2, 0.25) is 0 Å². The lowest BCUT2D eigenvalue weighted by Gasteiger charge is -2.36. The molecule has 0 unspecified atom stereocenters. The second-order valence-electron chi connectivity index (χ2n) is 4.66. The maximum atomic E-state index is 11.4. The Kier molecular flexibility index (Phi) is 5.21. The van der Waals surface area contributed by atoms with Crippen molar-refractivity contribution < 1.29 is 13.2 Å². The average molecular weight is 249 g/mol. The number of sulfone groups is 1. The number of rotatable bonds is 6. The quantitative estimate of drug-likeness (QED) is 0.761. The molecule has 0 amide bonds. The van der Waals surface area contributed by atoms with Crippen LogP contribution in [0.2, 0.25) is 0 Å². The Bertz CT molecular complexity index is 294. The largest absolute Gasteiger partial charge is 0.381 e. The van der Waals surface area contributed by atoms with E-state index in [2.05, 4.69) is 0 Å². The zero-order valence-electron chi connectivity index (χ0n) is 10.1. The van der Waals surface area contributed by atoms with E-state index in [-0.39, 0.29) is 11.2 Å². The predicted octanol–water partition coefficient (Wildman–Crippen LogP) is 0.957. The van der Waals surface area contributed by atoms with E-state index in [1.165, 1.54) is 0 Å². The molecule has 96 valence electrons. The van der Waals surface area contributed by atoms with Crippen molar-refractivity contribution in [2.24, 2.45) is 11.1 Å². The molecule has 1 fully saturated rings. The fraction of sp³-hybridized carbons (Fsp3) is 1.00. The van der Waals surface area contributed by atoms with Gasteiger partial charge in [-0.2, -0.15) is 0 Å². The molecular weight excluding hydrogens is 226 g/mol. The van der Waals surface area contributed by atoms with Crippen LogP contribution in [0.15, 0.2) is 0 Å². The molecule has 0 atom stereocenters. The van der Waals surface area contributed by atoms with Crippen molar-refractivity contribution in [2.45, 2.75) is 32.6 Å². The topological polar surface area (TPSA) is 69.4 Å². The number of hydrogen-bond acceptors (Lipinski definition) is 4. The van der Waals surface area contributed by atoms with Gasteiger partial charge in [0, 0.05) is 19.0 Å². The van der Waals surface area contributed by atoms with Crippen molar-refractivity contribution in [2.75, 3.05) is 31.3 Å². The van der Waals surface area contributed by atoms with Crippen LogP contribution in [-0.2, 0) is 14.6 Å². The first kappa shape index (κ1) is 13.9. The lowest BCUT2D eigenvalue weighted by atomic mass is 9.77. The van der Waals surface area contributed by atoms with Gasteiger partial charge >= 0.3 is 0 Å². The maximum absolute atomic E-state index is 11.4. The van der Waals surface area contributed by atoms with Crippen LogP contribution in [0, 0.1) is 5.41 Å². The Hall–Kier alpha value is -0.130. The number of nitrogens with two attached hydrogens (primary N) is 1. The van der Waals surface area contributed by atoms with Crippen LogP contribution < -0.4 is 5.73 Å². The summed E-state index contributed by atoms with van der Waals surface area (Å²) < 4.78 is 28.1. The molecule has 1 aliphatic rings. The van der Waals surface area contributed by atoms with Crippen molar-refractivity contribution in [1.82, 2.24) is 0 Å². The zero-order valence-corrected chi connectivity index (χ0v) is 10.9. The summed E-state index contributed by atoms with van der Waals surface area (Å²) in [5.41, 5.74) is 5.94. The Morgan fingerprint density at radius 1 is 1.31 bits per heavy atom. The third kappa shape index (κ3) is 4.03. The molecule has 16 heavy (non-hydrogen) atoms. The summed E-state index contributed by atoms with van der Waals surface area (Å²) in [6.07, 6.45) is 3.57. The molecule has 1 rings (SSSR count). The van der Waals surface area contributed by atoms with Crippen LogP contribution >= 0.6 is 0 Å². The van der Waals surface area contributed by atoms with Crippen molar-refractivity contribution in [3.63, 3.8) is 0 Å². The molecule has 0 aliphatic carbocycles. The van der Waals surface area contributed by atoms with Crippen LogP contribution in [0.5, 0.6) is 0 Å². The predicted molar refractivity (Wildman–Crippen MR) is 65.1 cm³/mol. The van der Waals surface area contributed by atoms with Gasteiger partial charge in [0.25, 0.3) is 0 Å². The minimum Gasteiger partial charge on any atom is -0.381 e. The van der Waals surface area contributed by atoms with Gasteiger partial charge in [-0.1, -0.05) is 6.92 Å². The molecule has 2 N–H and O–H groups in total. The van der Waals surface area contributed by atoms with E-state index >= 15 is 0 Å². The summed E-state index contributed by atoms with van der Waals surface area (Å²) >= 11 is 0. The van der Waals surface area contributed by atoms with Gasteiger partial charge < -0.3 is 10.5 Å². The summed E-state index contributed by atoms with van der Waals surface area (Å²) in [5, 5.41) is 0. The van der Waals surface area contributed by atoms with Gasteiger partial charge in [0.15, 0.2) is 0 Å². The molecule has 5 heteroatoms. The first-order valence-electron chi connectivity index (χ1n) is 6.02. The Morgan fingerprint density at radius 3 is 2.44 bits per heavy atom. The first-order chi connectivity index (χ1) is 7.54. The molecule has 4 nitrogen and oxygen atoms in total. The molecular formula is C11H23NO3S. The summed E-state index contributed by atoms with van der Waals surface area (Å²) in [7, 11) is -2.83. The van der Waals surface area contributed by atoms with Crippen LogP contribution in [0.4, 0.5) is 0 Å². The van der Waals surface area contributed by atoms with E-state index in [0.29, 0.717) is 12.3 Å². The first-order valence-corrected chi connectivity index (χ1v) is 7.84. The van der Waals surface area contributed by atoms with E-state index in [1.54, 1.807) is 6.92 Å². The molecule has 1 aliphatic heterocycles. The van der Waals surface area contributed by atoms with Crippen molar-refractivity contribution in [3.05, 3.63) is 0 Å². The second-order valence-corrected chi connectivity index (χ2v) is 7.13. The third-order valence-electron chi connectivity index (χ3n) is 3.59. The molecule has 0 aromatic rings. The molecule has 1 saturated heterocycles. The Morgan fingerprint density at radius 2 is 1.94 bits per heavy atom. The van der Waals surface area contributed by atoms with Crippen LogP contribution in [0.1, 0.15) is 32.6 Å². The van der Waals surface area contributed by atoms with Crippen LogP contribution in [0.25, 0.3) is 0 Å². The lowest BCUT2D eigenvalue weighted by Crippen LogP contribution is -2.37. The highest BCUT2D eigenvalue weighted by molar-refractivity contribution is 7.91. The van der Waals surface area contributed by atoms with Gasteiger partial charge in [-0.25, -0.2) is 8.42 Å². The average Bonchev–Trinajstić information content (AvgIpc) is 2.30. The lowest BCUT2D eigenvalue weighted by molar-refractivity contribution is 0.0145. The van der Waals surface area contributed by atoms with Crippen LogP contribution in [-0.4, -0.2) is 39.7 Å². The maximum Gasteiger partial charge on any atom is 0.150 e. The van der Waals surface area contributed by atoms with Crippen molar-refractivity contribution in [1.29, 1.82) is 0 Å². The molecule has 0 bridgehead atoms. The minimum absolute atomic E-state index is 0.126. The second kappa shape index (κ2) is 5.98. The van der Waals surface area contributed by atoms with E-state index in [9.17, 15) is 8.42 Å². The van der Waals surface area contributed by atoms with Crippen molar-refractivity contribution >= 4 is 9.84 Å². The van der Waals surface area contributed by atoms with Gasteiger partial charge in [-0.05, 0) is 37.6 Å². The van der Waals surface area contributed by atoms with Gasteiger partial charge in [0.1, 0.15) is 9.84 Å². The van der Waals surface area contributed by atoms with E-state index in [1.807, 2.05) is 0 Å². The summed E-state index contributed by atoms with van der Waals surface area (Å²) in [5.74, 6) is 0.540. The fourth-order valence-electron chi connectivity index (χ4n) is 2.17. The molecule has 0 spiro atoms. The zero-order chi connectivity index (χ0) is 12.1. The smallest absolute Gasteiger partial charge is 0.150 e. The monoisotopic (exact) mass is 249 g/mol. The molecule has 0 aromatic heterocycles. The summed E-state index contributed by atoms with van der Waals surface area (Å²) in [4.78, 5) is 0. The third-order valence-corrected chi connectivity index (χ3v) is 5.38. The van der Waals surface area contributed by atoms with E-state index in [4.69, 9.17) is 10.5 Å². The highest BCUT2D eigenvalue weighted by atomic mass is 32.2. The van der Waals surface area contributed by atoms with Gasteiger partial charge in [-0.15, -0.1) is 0 Å². The highest BCUT2D eigenvalue weighted by Crippen LogP contribution is 2.34. The minimum atomic E-state index is -2.83. The van der Waals surface area contributed by atoms with Gasteiger partial charge in [-0.3, -0.25) is 0 Å². The van der Waals surface area contributed by atoms with E-state index in [0.717, 1.165) is 38.9 Å². The highest BCUT2D eigenvalue weighted by Gasteiger charge is 2.30. The molecule has 0 aromatic carbocycles. The SMILES string of the molecule is CCS(=O)(=O)CCCC1(CN)CCOCC1. The van der Waals surface area contributed by atoms with Crippen molar-refractivity contribution in [3.8, 4) is 0 Å². The Labute approximate surface area is 98.5 Å². The molecule has 1 heterocycles. The fourth-order valence-corrected chi connectivity index (χ4v) is 3.04. The Balaban J connectivity index is 2.39. The normalized spacial score (nSPS) is 20.9. The summed E-state index contributed by atoms with van der Waals surface area (Å²) in [6.45, 7) is 3.86. The standard InChI is InChI=1S/C11H23NO3S/c1-2-16(13,14)9-3-4-11(10-12)5-7-15-8-6-11/h2-10,12H2,1H3.